The fraction of sp³-hybridized carbons (Fsp3) is 0.211. The van der Waals surface area contributed by atoms with Crippen LogP contribution in [0.15, 0.2) is 51.8 Å². The summed E-state index contributed by atoms with van der Waals surface area (Å²) in [5, 5.41) is 7.13. The molecule has 4 aromatic rings. The Hall–Kier alpha value is -1.74. The minimum atomic E-state index is 0.0419. The Balaban J connectivity index is 1.40. The third-order valence-corrected chi connectivity index (χ3v) is 8.58. The molecule has 1 aliphatic rings. The van der Waals surface area contributed by atoms with Gasteiger partial charge in [-0.1, -0.05) is 17.8 Å². The molecule has 0 aliphatic carbocycles. The van der Waals surface area contributed by atoms with Crippen molar-refractivity contribution in [1.29, 1.82) is 0 Å². The van der Waals surface area contributed by atoms with E-state index >= 15 is 0 Å². The second-order valence-electron chi connectivity index (χ2n) is 6.16. The van der Waals surface area contributed by atoms with Gasteiger partial charge in [0.2, 0.25) is 5.91 Å². The van der Waals surface area contributed by atoms with Gasteiger partial charge >= 0.3 is 0 Å². The van der Waals surface area contributed by atoms with Gasteiger partial charge in [-0.2, -0.15) is 0 Å². The number of rotatable bonds is 4. The van der Waals surface area contributed by atoms with Gasteiger partial charge in [0.25, 0.3) is 0 Å². The Labute approximate surface area is 172 Å². The number of fused-ring (bicyclic) bond motifs is 2. The molecule has 0 radical (unpaired) electrons. The molecule has 0 N–H and O–H groups in total. The average molecular weight is 430 g/mol. The van der Waals surface area contributed by atoms with E-state index in [9.17, 15) is 4.79 Å². The Kier molecular flexibility index (Phi) is 4.73. The van der Waals surface area contributed by atoms with Crippen LogP contribution in [0.25, 0.3) is 10.2 Å². The van der Waals surface area contributed by atoms with Gasteiger partial charge < -0.3 is 4.90 Å². The van der Waals surface area contributed by atoms with Crippen molar-refractivity contribution in [3.8, 4) is 0 Å². The molecule has 27 heavy (non-hydrogen) atoms. The molecule has 4 aromatic heterocycles. The van der Waals surface area contributed by atoms with Gasteiger partial charge in [0, 0.05) is 16.3 Å². The highest BCUT2D eigenvalue weighted by atomic mass is 32.2. The van der Waals surface area contributed by atoms with Crippen LogP contribution in [-0.2, 0) is 11.2 Å². The van der Waals surface area contributed by atoms with E-state index in [1.165, 1.54) is 27.1 Å². The Bertz CT molecular complexity index is 1090. The van der Waals surface area contributed by atoms with E-state index in [1.807, 2.05) is 16.3 Å². The summed E-state index contributed by atoms with van der Waals surface area (Å²) in [5.41, 5.74) is 2.23. The second-order valence-corrected chi connectivity index (χ2v) is 10.0. The molecule has 4 nitrogen and oxygen atoms in total. The molecule has 1 amide bonds. The molecule has 0 unspecified atom stereocenters. The maximum atomic E-state index is 13.2. The number of carbonyl (C=O) groups excluding carboxylic acids is 1. The van der Waals surface area contributed by atoms with Crippen LogP contribution in [0.3, 0.4) is 0 Å². The SMILES string of the molecule is O=C(CSc1ncnc2ccsc12)N1CCc2sccc2[C@@H]1c1cccs1. The Morgan fingerprint density at radius 3 is 2.96 bits per heavy atom. The standard InChI is InChI=1S/C19H15N3OS4/c23-16(10-27-19-18-13(5-9-26-18)20-11-21-19)22-6-3-14-12(4-8-25-14)17(22)15-2-1-7-24-15/h1-2,4-5,7-9,11,17H,3,6,10H2/t17-/m1/s1. The van der Waals surface area contributed by atoms with Gasteiger partial charge in [0.05, 0.1) is 22.0 Å². The monoisotopic (exact) mass is 429 g/mol. The smallest absolute Gasteiger partial charge is 0.233 e. The maximum Gasteiger partial charge on any atom is 0.233 e. The van der Waals surface area contributed by atoms with Crippen LogP contribution in [0, 0.1) is 0 Å². The molecular formula is C19H15N3OS4. The van der Waals surface area contributed by atoms with Crippen LogP contribution in [0.5, 0.6) is 0 Å². The minimum Gasteiger partial charge on any atom is -0.330 e. The lowest BCUT2D eigenvalue weighted by atomic mass is 9.98. The topological polar surface area (TPSA) is 46.1 Å². The van der Waals surface area contributed by atoms with Crippen LogP contribution < -0.4 is 0 Å². The summed E-state index contributed by atoms with van der Waals surface area (Å²) in [6.07, 6.45) is 2.52. The molecule has 0 saturated heterocycles. The predicted octanol–water partition coefficient (Wildman–Crippen LogP) is 5.08. The van der Waals surface area contributed by atoms with Crippen LogP contribution >= 0.6 is 45.8 Å². The number of hydrogen-bond acceptors (Lipinski definition) is 7. The van der Waals surface area contributed by atoms with Crippen LogP contribution in [0.4, 0.5) is 0 Å². The molecule has 0 aromatic carbocycles. The molecule has 136 valence electrons. The van der Waals surface area contributed by atoms with Crippen molar-refractivity contribution in [1.82, 2.24) is 14.9 Å². The largest absolute Gasteiger partial charge is 0.330 e. The van der Waals surface area contributed by atoms with Gasteiger partial charge in [-0.3, -0.25) is 4.79 Å². The summed E-state index contributed by atoms with van der Waals surface area (Å²) < 4.78 is 1.06. The summed E-state index contributed by atoms with van der Waals surface area (Å²) in [7, 11) is 0. The zero-order chi connectivity index (χ0) is 18.2. The second kappa shape index (κ2) is 7.35. The van der Waals surface area contributed by atoms with E-state index < -0.39 is 0 Å². The quantitative estimate of drug-likeness (QED) is 0.335. The Morgan fingerprint density at radius 2 is 2.07 bits per heavy atom. The van der Waals surface area contributed by atoms with Crippen molar-refractivity contribution in [3.63, 3.8) is 0 Å². The molecule has 8 heteroatoms. The minimum absolute atomic E-state index is 0.0419. The van der Waals surface area contributed by atoms with Crippen LogP contribution in [0.1, 0.15) is 21.4 Å². The van der Waals surface area contributed by atoms with E-state index in [0.717, 1.165) is 28.2 Å². The maximum absolute atomic E-state index is 13.2. The third kappa shape index (κ3) is 3.20. The molecular weight excluding hydrogens is 414 g/mol. The first-order valence-electron chi connectivity index (χ1n) is 8.51. The van der Waals surface area contributed by atoms with Gasteiger partial charge in [-0.25, -0.2) is 9.97 Å². The first-order chi connectivity index (χ1) is 13.3. The van der Waals surface area contributed by atoms with E-state index in [0.29, 0.717) is 5.75 Å². The van der Waals surface area contributed by atoms with Crippen LogP contribution in [0.2, 0.25) is 0 Å². The summed E-state index contributed by atoms with van der Waals surface area (Å²) >= 11 is 6.66. The van der Waals surface area contributed by atoms with Crippen molar-refractivity contribution in [2.45, 2.75) is 17.5 Å². The molecule has 0 bridgehead atoms. The summed E-state index contributed by atoms with van der Waals surface area (Å²) in [4.78, 5) is 26.5. The molecule has 1 aliphatic heterocycles. The molecule has 1 atom stereocenters. The highest BCUT2D eigenvalue weighted by Gasteiger charge is 2.33. The fourth-order valence-corrected chi connectivity index (χ4v) is 7.01. The predicted molar refractivity (Wildman–Crippen MR) is 114 cm³/mol. The fourth-order valence-electron chi connectivity index (χ4n) is 3.42. The van der Waals surface area contributed by atoms with E-state index in [-0.39, 0.29) is 11.9 Å². The molecule has 0 spiro atoms. The van der Waals surface area contributed by atoms with Crippen molar-refractivity contribution in [2.75, 3.05) is 12.3 Å². The van der Waals surface area contributed by atoms with Crippen molar-refractivity contribution in [3.05, 3.63) is 62.1 Å². The lowest BCUT2D eigenvalue weighted by Crippen LogP contribution is -2.40. The molecule has 0 saturated carbocycles. The summed E-state index contributed by atoms with van der Waals surface area (Å²) in [5.74, 6) is 0.560. The van der Waals surface area contributed by atoms with E-state index in [2.05, 4.69) is 38.9 Å². The van der Waals surface area contributed by atoms with Crippen LogP contribution in [-0.4, -0.2) is 33.1 Å². The number of thioether (sulfide) groups is 1. The lowest BCUT2D eigenvalue weighted by Gasteiger charge is -2.35. The average Bonchev–Trinajstić information content (AvgIpc) is 3.46. The van der Waals surface area contributed by atoms with Gasteiger partial charge in [0.1, 0.15) is 11.4 Å². The van der Waals surface area contributed by atoms with Gasteiger partial charge in [0.15, 0.2) is 0 Å². The lowest BCUT2D eigenvalue weighted by molar-refractivity contribution is -0.130. The number of carbonyl (C=O) groups is 1. The van der Waals surface area contributed by atoms with E-state index in [1.54, 1.807) is 40.3 Å². The summed E-state index contributed by atoms with van der Waals surface area (Å²) in [6.45, 7) is 0.771. The number of amides is 1. The normalized spacial score (nSPS) is 16.6. The number of thiophene rings is 3. The zero-order valence-electron chi connectivity index (χ0n) is 14.2. The van der Waals surface area contributed by atoms with Crippen molar-refractivity contribution in [2.24, 2.45) is 0 Å². The number of aromatic nitrogens is 2. The van der Waals surface area contributed by atoms with Gasteiger partial charge in [-0.05, 0) is 46.3 Å². The molecule has 0 fully saturated rings. The number of nitrogens with zero attached hydrogens (tertiary/aromatic N) is 3. The highest BCUT2D eigenvalue weighted by molar-refractivity contribution is 8.00. The molecule has 5 rings (SSSR count). The Morgan fingerprint density at radius 1 is 1.15 bits per heavy atom. The van der Waals surface area contributed by atoms with Crippen molar-refractivity contribution >= 4 is 61.9 Å². The van der Waals surface area contributed by atoms with Crippen molar-refractivity contribution < 1.29 is 4.79 Å². The van der Waals surface area contributed by atoms with E-state index in [4.69, 9.17) is 0 Å². The third-order valence-electron chi connectivity index (χ3n) is 4.64. The number of hydrogen-bond donors (Lipinski definition) is 0. The first kappa shape index (κ1) is 17.4. The zero-order valence-corrected chi connectivity index (χ0v) is 17.5. The highest BCUT2D eigenvalue weighted by Crippen LogP contribution is 2.40. The molecule has 5 heterocycles. The first-order valence-corrected chi connectivity index (χ1v) is 12.1. The summed E-state index contributed by atoms with van der Waals surface area (Å²) in [6, 6.07) is 8.40. The van der Waals surface area contributed by atoms with Gasteiger partial charge in [-0.15, -0.1) is 34.0 Å².